The highest BCUT2D eigenvalue weighted by molar-refractivity contribution is 6.34. The average Bonchev–Trinajstić information content (AvgIpc) is 2.20. The largest absolute Gasteiger partial charge is 0.372 e. The summed E-state index contributed by atoms with van der Waals surface area (Å²) >= 11 is 6.01. The van der Waals surface area contributed by atoms with Gasteiger partial charge in [0.15, 0.2) is 0 Å². The van der Waals surface area contributed by atoms with Crippen LogP contribution in [0.15, 0.2) is 18.2 Å². The van der Waals surface area contributed by atoms with Gasteiger partial charge < -0.3 is 10.6 Å². The zero-order valence-corrected chi connectivity index (χ0v) is 10.1. The molecule has 4 heteroatoms. The monoisotopic (exact) mass is 238 g/mol. The Kier molecular flexibility index (Phi) is 3.06. The second-order valence-corrected chi connectivity index (χ2v) is 4.89. The standard InChI is InChI=1S/C12H15ClN2O/c1-7(2)6-10-12(16)15-11-8(13)4-3-5-9(11)14-10/h3-5,7,10,14H,6H2,1-2H3,(H,15,16). The number of anilines is 2. The third kappa shape index (κ3) is 2.14. The summed E-state index contributed by atoms with van der Waals surface area (Å²) in [4.78, 5) is 11.8. The number of hydrogen-bond donors (Lipinski definition) is 2. The molecule has 1 aromatic rings. The first-order valence-electron chi connectivity index (χ1n) is 5.44. The van der Waals surface area contributed by atoms with Crippen LogP contribution in [0, 0.1) is 5.92 Å². The highest BCUT2D eigenvalue weighted by Crippen LogP contribution is 2.34. The highest BCUT2D eigenvalue weighted by Gasteiger charge is 2.26. The molecule has 0 saturated carbocycles. The van der Waals surface area contributed by atoms with E-state index < -0.39 is 0 Å². The van der Waals surface area contributed by atoms with Gasteiger partial charge in [-0.3, -0.25) is 4.79 Å². The minimum absolute atomic E-state index is 0.00528. The van der Waals surface area contributed by atoms with Gasteiger partial charge in [0, 0.05) is 0 Å². The SMILES string of the molecule is CC(C)CC1Nc2cccc(Cl)c2NC1=O. The molecule has 1 amide bonds. The molecular formula is C12H15ClN2O. The Labute approximate surface area is 100 Å². The van der Waals surface area contributed by atoms with E-state index in [9.17, 15) is 4.79 Å². The summed E-state index contributed by atoms with van der Waals surface area (Å²) in [6.45, 7) is 4.20. The molecule has 0 aromatic heterocycles. The maximum atomic E-state index is 11.8. The highest BCUT2D eigenvalue weighted by atomic mass is 35.5. The van der Waals surface area contributed by atoms with Crippen LogP contribution >= 0.6 is 11.6 Å². The number of carbonyl (C=O) groups excluding carboxylic acids is 1. The van der Waals surface area contributed by atoms with Gasteiger partial charge >= 0.3 is 0 Å². The normalized spacial score (nSPS) is 19.0. The van der Waals surface area contributed by atoms with Crippen LogP contribution < -0.4 is 10.6 Å². The van der Waals surface area contributed by atoms with Crippen molar-refractivity contribution in [2.45, 2.75) is 26.3 Å². The molecule has 2 N–H and O–H groups in total. The molecule has 2 rings (SSSR count). The lowest BCUT2D eigenvalue weighted by atomic mass is 10.0. The summed E-state index contributed by atoms with van der Waals surface area (Å²) in [6, 6.07) is 5.41. The van der Waals surface area contributed by atoms with Gasteiger partial charge in [0.05, 0.1) is 16.4 Å². The number of halogens is 1. The fraction of sp³-hybridized carbons (Fsp3) is 0.417. The summed E-state index contributed by atoms with van der Waals surface area (Å²) in [5.74, 6) is 0.471. The molecule has 86 valence electrons. The van der Waals surface area contributed by atoms with Crippen molar-refractivity contribution in [2.24, 2.45) is 5.92 Å². The molecule has 1 heterocycles. The van der Waals surface area contributed by atoms with E-state index in [2.05, 4.69) is 24.5 Å². The van der Waals surface area contributed by atoms with Crippen molar-refractivity contribution in [1.29, 1.82) is 0 Å². The van der Waals surface area contributed by atoms with Crippen LogP contribution in [0.4, 0.5) is 11.4 Å². The van der Waals surface area contributed by atoms with Crippen LogP contribution in [-0.2, 0) is 4.79 Å². The maximum absolute atomic E-state index is 11.8. The minimum Gasteiger partial charge on any atom is -0.372 e. The predicted octanol–water partition coefficient (Wildman–Crippen LogP) is 3.12. The van der Waals surface area contributed by atoms with Crippen LogP contribution in [0.25, 0.3) is 0 Å². The van der Waals surface area contributed by atoms with Crippen molar-refractivity contribution < 1.29 is 4.79 Å². The first-order valence-corrected chi connectivity index (χ1v) is 5.81. The second-order valence-electron chi connectivity index (χ2n) is 4.48. The van der Waals surface area contributed by atoms with Crippen molar-refractivity contribution in [3.8, 4) is 0 Å². The Morgan fingerprint density at radius 2 is 2.19 bits per heavy atom. The van der Waals surface area contributed by atoms with Gasteiger partial charge in [-0.25, -0.2) is 0 Å². The molecule has 0 fully saturated rings. The lowest BCUT2D eigenvalue weighted by Gasteiger charge is -2.28. The number of amides is 1. The van der Waals surface area contributed by atoms with Gasteiger partial charge in [0.25, 0.3) is 0 Å². The molecule has 1 unspecified atom stereocenters. The Morgan fingerprint density at radius 3 is 2.88 bits per heavy atom. The number of fused-ring (bicyclic) bond motifs is 1. The number of rotatable bonds is 2. The van der Waals surface area contributed by atoms with Gasteiger partial charge in [-0.15, -0.1) is 0 Å². The van der Waals surface area contributed by atoms with E-state index in [0.29, 0.717) is 16.6 Å². The Hall–Kier alpha value is -1.22. The van der Waals surface area contributed by atoms with Crippen molar-refractivity contribution in [2.75, 3.05) is 10.6 Å². The van der Waals surface area contributed by atoms with E-state index >= 15 is 0 Å². The molecule has 16 heavy (non-hydrogen) atoms. The fourth-order valence-corrected chi connectivity index (χ4v) is 2.09. The lowest BCUT2D eigenvalue weighted by Crippen LogP contribution is -2.39. The number of benzene rings is 1. The van der Waals surface area contributed by atoms with Gasteiger partial charge in [-0.2, -0.15) is 0 Å². The molecule has 1 aliphatic rings. The summed E-state index contributed by atoms with van der Waals surface area (Å²) in [6.07, 6.45) is 0.817. The third-order valence-corrected chi connectivity index (χ3v) is 2.93. The Morgan fingerprint density at radius 1 is 1.44 bits per heavy atom. The first kappa shape index (κ1) is 11.3. The maximum Gasteiger partial charge on any atom is 0.246 e. The summed E-state index contributed by atoms with van der Waals surface area (Å²) in [5.41, 5.74) is 1.59. The molecule has 0 bridgehead atoms. The van der Waals surface area contributed by atoms with Crippen molar-refractivity contribution >= 4 is 28.9 Å². The molecule has 0 radical (unpaired) electrons. The van der Waals surface area contributed by atoms with E-state index in [0.717, 1.165) is 12.1 Å². The molecule has 1 aliphatic heterocycles. The molecular weight excluding hydrogens is 224 g/mol. The van der Waals surface area contributed by atoms with Crippen molar-refractivity contribution in [3.63, 3.8) is 0 Å². The first-order chi connectivity index (χ1) is 7.58. The minimum atomic E-state index is -0.161. The van der Waals surface area contributed by atoms with Gasteiger partial charge in [0.1, 0.15) is 6.04 Å². The zero-order valence-electron chi connectivity index (χ0n) is 9.38. The zero-order chi connectivity index (χ0) is 11.7. The fourth-order valence-electron chi connectivity index (χ4n) is 1.87. The Bertz CT molecular complexity index is 417. The summed E-state index contributed by atoms with van der Waals surface area (Å²) in [7, 11) is 0. The van der Waals surface area contributed by atoms with Crippen LogP contribution in [0.3, 0.4) is 0 Å². The van der Waals surface area contributed by atoms with Gasteiger partial charge in [-0.1, -0.05) is 31.5 Å². The van der Waals surface area contributed by atoms with Crippen LogP contribution in [0.5, 0.6) is 0 Å². The van der Waals surface area contributed by atoms with E-state index in [-0.39, 0.29) is 11.9 Å². The van der Waals surface area contributed by atoms with Gasteiger partial charge in [0.2, 0.25) is 5.91 Å². The van der Waals surface area contributed by atoms with Gasteiger partial charge in [-0.05, 0) is 24.5 Å². The number of para-hydroxylation sites is 1. The van der Waals surface area contributed by atoms with E-state index in [1.807, 2.05) is 12.1 Å². The lowest BCUT2D eigenvalue weighted by molar-refractivity contribution is -0.117. The van der Waals surface area contributed by atoms with E-state index in [1.54, 1.807) is 6.07 Å². The van der Waals surface area contributed by atoms with Crippen LogP contribution in [0.2, 0.25) is 5.02 Å². The topological polar surface area (TPSA) is 41.1 Å². The number of carbonyl (C=O) groups is 1. The summed E-state index contributed by atoms with van der Waals surface area (Å²) in [5, 5.41) is 6.64. The van der Waals surface area contributed by atoms with Crippen LogP contribution in [0.1, 0.15) is 20.3 Å². The molecule has 0 saturated heterocycles. The smallest absolute Gasteiger partial charge is 0.246 e. The van der Waals surface area contributed by atoms with E-state index in [4.69, 9.17) is 11.6 Å². The predicted molar refractivity (Wildman–Crippen MR) is 66.9 cm³/mol. The molecule has 3 nitrogen and oxygen atoms in total. The number of hydrogen-bond acceptors (Lipinski definition) is 2. The van der Waals surface area contributed by atoms with Crippen molar-refractivity contribution in [1.82, 2.24) is 0 Å². The molecule has 1 atom stereocenters. The quantitative estimate of drug-likeness (QED) is 0.831. The average molecular weight is 239 g/mol. The van der Waals surface area contributed by atoms with Crippen LogP contribution in [-0.4, -0.2) is 11.9 Å². The number of nitrogens with one attached hydrogen (secondary N) is 2. The molecule has 1 aromatic carbocycles. The van der Waals surface area contributed by atoms with E-state index in [1.165, 1.54) is 0 Å². The second kappa shape index (κ2) is 4.34. The molecule has 0 aliphatic carbocycles. The Balaban J connectivity index is 2.25. The summed E-state index contributed by atoms with van der Waals surface area (Å²) < 4.78 is 0. The third-order valence-electron chi connectivity index (χ3n) is 2.62. The van der Waals surface area contributed by atoms with Crippen molar-refractivity contribution in [3.05, 3.63) is 23.2 Å². The molecule has 0 spiro atoms.